The van der Waals surface area contributed by atoms with Crippen molar-refractivity contribution in [2.45, 2.75) is 474 Å². The van der Waals surface area contributed by atoms with Crippen LogP contribution in [-0.2, 0) is 56.8 Å². The molecule has 0 aliphatic heterocycles. The minimum atomic E-state index is 0.955. The van der Waals surface area contributed by atoms with Gasteiger partial charge < -0.3 is 56.8 Å². The zero-order valence-electron chi connectivity index (χ0n) is 79.8. The molecule has 0 amide bonds. The summed E-state index contributed by atoms with van der Waals surface area (Å²) in [6.07, 6.45) is 58.9. The average Bonchev–Trinajstić information content (AvgIpc) is 3.71. The Morgan fingerprint density at radius 3 is 0.139 bits per heavy atom. The van der Waals surface area contributed by atoms with E-state index < -0.39 is 0 Å². The molecule has 0 heterocycles. The highest BCUT2D eigenvalue weighted by atomic mass is 16.5. The first kappa shape index (κ1) is 134. The first-order valence-electron chi connectivity index (χ1n) is 47.9. The smallest absolute Gasteiger partial charge is 0.0465 e. The third kappa shape index (κ3) is 225. The second kappa shape index (κ2) is 170. The van der Waals surface area contributed by atoms with E-state index in [4.69, 9.17) is 56.8 Å². The second-order valence-corrected chi connectivity index (χ2v) is 27.8. The Morgan fingerprint density at radius 1 is 0.0741 bits per heavy atom. The predicted octanol–water partition coefficient (Wildman–Crippen LogP) is 31.2. The lowest BCUT2D eigenvalue weighted by Gasteiger charge is -1.99. The fourth-order valence-corrected chi connectivity index (χ4v) is 7.14. The summed E-state index contributed by atoms with van der Waals surface area (Å²) in [5, 5.41) is 0. The highest BCUT2D eigenvalue weighted by Crippen LogP contribution is 2.00. The number of hydrogen-bond acceptors (Lipinski definition) is 12. The van der Waals surface area contributed by atoms with Crippen LogP contribution in [0.3, 0.4) is 0 Å². The summed E-state index contributed by atoms with van der Waals surface area (Å²) >= 11 is 0. The van der Waals surface area contributed by atoms with Gasteiger partial charge in [0.25, 0.3) is 0 Å². The lowest BCUT2D eigenvalue weighted by molar-refractivity contribution is 0.128. The number of hydrogen-bond donors (Lipinski definition) is 0. The zero-order chi connectivity index (χ0) is 83.4. The molecular formula is C96H216O12. The van der Waals surface area contributed by atoms with E-state index >= 15 is 0 Å². The van der Waals surface area contributed by atoms with E-state index in [1.807, 2.05) is 0 Å². The van der Waals surface area contributed by atoms with E-state index in [1.54, 1.807) is 0 Å². The molecule has 0 atom stereocenters. The third-order valence-corrected chi connectivity index (χ3v) is 15.4. The predicted molar refractivity (Wildman–Crippen MR) is 488 cm³/mol. The number of ether oxygens (including phenoxy) is 12. The van der Waals surface area contributed by atoms with Crippen LogP contribution in [0.25, 0.3) is 0 Å². The molecule has 12 nitrogen and oxygen atoms in total. The Labute approximate surface area is 686 Å². The first-order chi connectivity index (χ1) is 53.0. The Bertz CT molecular complexity index is 755. The SMILES string of the molecule is CCCCOCCCC.CCCCOCCCC.CCCCOCCCC.CCCCOCCCC.CCCCOCCCC.CCCCOCCCC.CCCCOCCCC.CCCCOCCCC.CCCCOCCCC.CCCCOCCCC.CCCCOCCCC.CCCCOCCCC. The molecule has 0 aromatic rings. The van der Waals surface area contributed by atoms with Crippen LogP contribution in [0.2, 0.25) is 0 Å². The van der Waals surface area contributed by atoms with Crippen LogP contribution in [0.15, 0.2) is 0 Å². The van der Waals surface area contributed by atoms with Crippen molar-refractivity contribution in [1.29, 1.82) is 0 Å². The van der Waals surface area contributed by atoms with Gasteiger partial charge in [0, 0.05) is 159 Å². The van der Waals surface area contributed by atoms with Crippen LogP contribution in [-0.4, -0.2) is 159 Å². The van der Waals surface area contributed by atoms with Crippen LogP contribution >= 0.6 is 0 Å². The largest absolute Gasteiger partial charge is 0.381 e. The van der Waals surface area contributed by atoms with Crippen molar-refractivity contribution in [2.24, 2.45) is 0 Å². The van der Waals surface area contributed by atoms with Gasteiger partial charge in [-0.3, -0.25) is 0 Å². The van der Waals surface area contributed by atoms with Gasteiger partial charge in [0.15, 0.2) is 0 Å². The fraction of sp³-hybridized carbons (Fsp3) is 1.00. The van der Waals surface area contributed by atoms with Gasteiger partial charge in [-0.2, -0.15) is 0 Å². The molecule has 0 rings (SSSR count). The van der Waals surface area contributed by atoms with E-state index in [0.717, 1.165) is 159 Å². The van der Waals surface area contributed by atoms with Gasteiger partial charge >= 0.3 is 0 Å². The highest BCUT2D eigenvalue weighted by Gasteiger charge is 1.93. The molecule has 0 saturated heterocycles. The van der Waals surface area contributed by atoms with E-state index in [1.165, 1.54) is 308 Å². The van der Waals surface area contributed by atoms with E-state index in [2.05, 4.69) is 166 Å². The molecule has 0 spiro atoms. The maximum atomic E-state index is 5.31. The molecule has 0 N–H and O–H groups in total. The van der Waals surface area contributed by atoms with Crippen molar-refractivity contribution in [3.05, 3.63) is 0 Å². The van der Waals surface area contributed by atoms with Gasteiger partial charge in [-0.25, -0.2) is 0 Å². The maximum absolute atomic E-state index is 5.31. The number of rotatable bonds is 72. The molecule has 0 aliphatic rings. The van der Waals surface area contributed by atoms with Crippen LogP contribution < -0.4 is 0 Å². The van der Waals surface area contributed by atoms with Crippen LogP contribution in [0.5, 0.6) is 0 Å². The van der Waals surface area contributed by atoms with Crippen molar-refractivity contribution < 1.29 is 56.8 Å². The molecule has 0 aliphatic carbocycles. The third-order valence-electron chi connectivity index (χ3n) is 15.4. The topological polar surface area (TPSA) is 111 Å². The van der Waals surface area contributed by atoms with Gasteiger partial charge in [-0.15, -0.1) is 0 Å². The lowest BCUT2D eigenvalue weighted by atomic mass is 10.3. The van der Waals surface area contributed by atoms with E-state index in [-0.39, 0.29) is 0 Å². The molecule has 0 fully saturated rings. The van der Waals surface area contributed by atoms with Crippen LogP contribution in [0, 0.1) is 0 Å². The van der Waals surface area contributed by atoms with Gasteiger partial charge in [0.05, 0.1) is 0 Å². The van der Waals surface area contributed by atoms with Crippen molar-refractivity contribution in [1.82, 2.24) is 0 Å². The Kier molecular flexibility index (Phi) is 211. The van der Waals surface area contributed by atoms with Crippen molar-refractivity contribution in [3.63, 3.8) is 0 Å². The van der Waals surface area contributed by atoms with Crippen molar-refractivity contribution in [2.75, 3.05) is 159 Å². The monoisotopic (exact) mass is 1560 g/mol. The standard InChI is InChI=1S/12C8H18O/c12*1-3-5-7-9-8-6-4-2/h12*3-8H2,1-2H3. The number of unbranched alkanes of at least 4 members (excludes halogenated alkanes) is 24. The molecule has 0 saturated carbocycles. The van der Waals surface area contributed by atoms with Crippen molar-refractivity contribution >= 4 is 0 Å². The van der Waals surface area contributed by atoms with Gasteiger partial charge in [-0.05, 0) is 154 Å². The summed E-state index contributed by atoms with van der Waals surface area (Å²) in [5.41, 5.74) is 0. The molecule has 12 heteroatoms. The molecule has 0 radical (unpaired) electrons. The summed E-state index contributed by atoms with van der Waals surface area (Å²) in [6, 6.07) is 0. The molecule has 0 aromatic heterocycles. The normalized spacial score (nSPS) is 10.0. The Balaban J connectivity index is -0.0000000931. The molecule has 0 bridgehead atoms. The van der Waals surface area contributed by atoms with Crippen molar-refractivity contribution in [3.8, 4) is 0 Å². The quantitative estimate of drug-likeness (QED) is 0.0541. The summed E-state index contributed by atoms with van der Waals surface area (Å²) in [4.78, 5) is 0. The van der Waals surface area contributed by atoms with Crippen LogP contribution in [0.4, 0.5) is 0 Å². The molecular weight excluding hydrogens is 1350 g/mol. The van der Waals surface area contributed by atoms with Gasteiger partial charge in [0.1, 0.15) is 0 Å². The minimum Gasteiger partial charge on any atom is -0.381 e. The van der Waals surface area contributed by atoms with Gasteiger partial charge in [0.2, 0.25) is 0 Å². The van der Waals surface area contributed by atoms with Gasteiger partial charge in [-0.1, -0.05) is 320 Å². The zero-order valence-corrected chi connectivity index (χ0v) is 79.8. The molecule has 108 heavy (non-hydrogen) atoms. The Morgan fingerprint density at radius 2 is 0.111 bits per heavy atom. The fourth-order valence-electron chi connectivity index (χ4n) is 7.14. The van der Waals surface area contributed by atoms with Crippen LogP contribution in [0.1, 0.15) is 474 Å². The Hall–Kier alpha value is -0.480. The lowest BCUT2D eigenvalue weighted by Crippen LogP contribution is -1.95. The second-order valence-electron chi connectivity index (χ2n) is 27.8. The maximum Gasteiger partial charge on any atom is 0.0465 e. The molecule has 0 unspecified atom stereocenters. The highest BCUT2D eigenvalue weighted by molar-refractivity contribution is 4.43. The molecule has 672 valence electrons. The first-order valence-corrected chi connectivity index (χ1v) is 47.9. The van der Waals surface area contributed by atoms with E-state index in [0.29, 0.717) is 0 Å². The summed E-state index contributed by atoms with van der Waals surface area (Å²) < 4.78 is 63.8. The average molecular weight is 1560 g/mol. The summed E-state index contributed by atoms with van der Waals surface area (Å²) in [5.74, 6) is 0. The van der Waals surface area contributed by atoms with E-state index in [9.17, 15) is 0 Å². The molecule has 0 aromatic carbocycles. The minimum absolute atomic E-state index is 0.955. The summed E-state index contributed by atoms with van der Waals surface area (Å²) in [7, 11) is 0. The summed E-state index contributed by atoms with van der Waals surface area (Å²) in [6.45, 7) is 75.3.